The van der Waals surface area contributed by atoms with Gasteiger partial charge in [0, 0.05) is 12.1 Å². The third-order valence-corrected chi connectivity index (χ3v) is 6.40. The van der Waals surface area contributed by atoms with Crippen LogP contribution in [0.15, 0.2) is 65.7 Å². The fraction of sp³-hybridized carbons (Fsp3) is 0.200. The van der Waals surface area contributed by atoms with E-state index in [-0.39, 0.29) is 24.6 Å². The topological polar surface area (TPSA) is 90.3 Å². The van der Waals surface area contributed by atoms with Crippen molar-refractivity contribution in [3.63, 3.8) is 0 Å². The zero-order valence-electron chi connectivity index (χ0n) is 18.3. The first-order valence-corrected chi connectivity index (χ1v) is 11.3. The Labute approximate surface area is 194 Å². The Kier molecular flexibility index (Phi) is 6.65. The Morgan fingerprint density at radius 1 is 1.06 bits per heavy atom. The molecule has 0 saturated carbocycles. The van der Waals surface area contributed by atoms with E-state index in [1.165, 1.54) is 10.9 Å². The molecule has 0 radical (unpaired) electrons. The summed E-state index contributed by atoms with van der Waals surface area (Å²) in [7, 11) is 0. The summed E-state index contributed by atoms with van der Waals surface area (Å²) in [5.41, 5.74) is 2.97. The minimum Gasteiger partial charge on any atom is -0.461 e. The Balaban J connectivity index is 1.47. The number of aryl methyl sites for hydroxylation is 2. The van der Waals surface area contributed by atoms with E-state index in [4.69, 9.17) is 4.74 Å². The smallest absolute Gasteiger partial charge is 0.348 e. The highest BCUT2D eigenvalue weighted by Crippen LogP contribution is 2.27. The van der Waals surface area contributed by atoms with Crippen LogP contribution in [0, 0.1) is 13.8 Å². The predicted molar refractivity (Wildman–Crippen MR) is 129 cm³/mol. The second-order valence-electron chi connectivity index (χ2n) is 7.70. The van der Waals surface area contributed by atoms with Crippen LogP contribution in [0.5, 0.6) is 0 Å². The van der Waals surface area contributed by atoms with Crippen LogP contribution < -0.4 is 10.9 Å². The molecule has 2 aromatic heterocycles. The van der Waals surface area contributed by atoms with Gasteiger partial charge in [-0.05, 0) is 37.1 Å². The Morgan fingerprint density at radius 2 is 1.79 bits per heavy atom. The molecule has 0 aliphatic rings. The second-order valence-corrected chi connectivity index (χ2v) is 8.70. The molecule has 1 N–H and O–H groups in total. The highest BCUT2D eigenvalue weighted by molar-refractivity contribution is 7.20. The van der Waals surface area contributed by atoms with Gasteiger partial charge in [-0.3, -0.25) is 14.2 Å². The van der Waals surface area contributed by atoms with Crippen LogP contribution in [-0.2, 0) is 22.5 Å². The number of amides is 1. The molecule has 0 aliphatic carbocycles. The average molecular weight is 462 g/mol. The molecular weight excluding hydrogens is 438 g/mol. The molecule has 0 unspecified atom stereocenters. The molecular formula is C25H23N3O4S. The third kappa shape index (κ3) is 5.18. The molecule has 33 heavy (non-hydrogen) atoms. The number of thiophene rings is 1. The molecule has 2 heterocycles. The van der Waals surface area contributed by atoms with Crippen molar-refractivity contribution in [1.82, 2.24) is 9.55 Å². The number of esters is 1. The average Bonchev–Trinajstić information content (AvgIpc) is 3.15. The lowest BCUT2D eigenvalue weighted by Gasteiger charge is -2.07. The number of carbonyl (C=O) groups is 2. The maximum absolute atomic E-state index is 13.0. The zero-order valence-corrected chi connectivity index (χ0v) is 19.1. The lowest BCUT2D eigenvalue weighted by Crippen LogP contribution is -2.27. The first kappa shape index (κ1) is 22.4. The van der Waals surface area contributed by atoms with Crippen molar-refractivity contribution in [1.29, 1.82) is 0 Å². The first-order chi connectivity index (χ1) is 15.9. The molecule has 1 amide bonds. The Morgan fingerprint density at radius 3 is 2.52 bits per heavy atom. The van der Waals surface area contributed by atoms with E-state index in [2.05, 4.69) is 10.3 Å². The van der Waals surface area contributed by atoms with Crippen LogP contribution in [0.25, 0.3) is 10.2 Å². The summed E-state index contributed by atoms with van der Waals surface area (Å²) >= 11 is 1.12. The van der Waals surface area contributed by atoms with Gasteiger partial charge in [0.15, 0.2) is 0 Å². The number of ether oxygens (including phenoxy) is 1. The maximum atomic E-state index is 13.0. The van der Waals surface area contributed by atoms with Gasteiger partial charge in [0.2, 0.25) is 5.91 Å². The molecule has 0 atom stereocenters. The standard InChI is InChI=1S/C25H23N3O4S/c1-16-8-10-19(11-9-16)27-20(29)14-28-15-26-23-21(24(28)30)17(2)22(33-23)25(31)32-13-12-18-6-4-3-5-7-18/h3-11,15H,12-14H2,1-2H3,(H,27,29). The zero-order chi connectivity index (χ0) is 23.4. The second kappa shape index (κ2) is 9.79. The lowest BCUT2D eigenvalue weighted by molar-refractivity contribution is -0.116. The number of nitrogens with one attached hydrogen (secondary N) is 1. The van der Waals surface area contributed by atoms with Gasteiger partial charge < -0.3 is 10.1 Å². The molecule has 7 nitrogen and oxygen atoms in total. The van der Waals surface area contributed by atoms with Crippen LogP contribution in [0.2, 0.25) is 0 Å². The van der Waals surface area contributed by atoms with E-state index in [1.54, 1.807) is 19.1 Å². The van der Waals surface area contributed by atoms with Gasteiger partial charge in [-0.1, -0.05) is 48.0 Å². The van der Waals surface area contributed by atoms with Crippen LogP contribution >= 0.6 is 11.3 Å². The van der Waals surface area contributed by atoms with Gasteiger partial charge in [0.1, 0.15) is 16.3 Å². The number of rotatable bonds is 7. The van der Waals surface area contributed by atoms with Crippen molar-refractivity contribution in [3.8, 4) is 0 Å². The quantitative estimate of drug-likeness (QED) is 0.418. The molecule has 0 fully saturated rings. The van der Waals surface area contributed by atoms with Crippen molar-refractivity contribution in [2.75, 3.05) is 11.9 Å². The molecule has 2 aromatic carbocycles. The molecule has 0 bridgehead atoms. The molecule has 0 aliphatic heterocycles. The highest BCUT2D eigenvalue weighted by atomic mass is 32.1. The number of aromatic nitrogens is 2. The Hall–Kier alpha value is -3.78. The molecule has 0 saturated heterocycles. The van der Waals surface area contributed by atoms with Gasteiger partial charge in [0.25, 0.3) is 5.56 Å². The largest absolute Gasteiger partial charge is 0.461 e. The summed E-state index contributed by atoms with van der Waals surface area (Å²) in [5, 5.41) is 3.10. The van der Waals surface area contributed by atoms with Gasteiger partial charge in [0.05, 0.1) is 18.3 Å². The molecule has 4 aromatic rings. The van der Waals surface area contributed by atoms with E-state index in [9.17, 15) is 14.4 Å². The van der Waals surface area contributed by atoms with Crippen LogP contribution in [0.3, 0.4) is 0 Å². The van der Waals surface area contributed by atoms with E-state index >= 15 is 0 Å². The minimum atomic E-state index is -0.477. The van der Waals surface area contributed by atoms with Crippen molar-refractivity contribution in [3.05, 3.63) is 92.8 Å². The summed E-state index contributed by atoms with van der Waals surface area (Å²) in [6.07, 6.45) is 1.94. The highest BCUT2D eigenvalue weighted by Gasteiger charge is 2.21. The number of hydrogen-bond donors (Lipinski definition) is 1. The van der Waals surface area contributed by atoms with Gasteiger partial charge >= 0.3 is 5.97 Å². The molecule has 0 spiro atoms. The van der Waals surface area contributed by atoms with Crippen molar-refractivity contribution < 1.29 is 14.3 Å². The number of benzene rings is 2. The lowest BCUT2D eigenvalue weighted by atomic mass is 10.2. The SMILES string of the molecule is Cc1ccc(NC(=O)Cn2cnc3sc(C(=O)OCCc4ccccc4)c(C)c3c2=O)cc1. The maximum Gasteiger partial charge on any atom is 0.348 e. The third-order valence-electron chi connectivity index (χ3n) is 5.22. The number of hydrogen-bond acceptors (Lipinski definition) is 6. The van der Waals surface area contributed by atoms with E-state index in [0.717, 1.165) is 22.5 Å². The van der Waals surface area contributed by atoms with E-state index < -0.39 is 5.97 Å². The first-order valence-electron chi connectivity index (χ1n) is 10.5. The molecule has 8 heteroatoms. The van der Waals surface area contributed by atoms with E-state index in [1.807, 2.05) is 49.4 Å². The fourth-order valence-corrected chi connectivity index (χ4v) is 4.46. The number of carbonyl (C=O) groups excluding carboxylic acids is 2. The summed E-state index contributed by atoms with van der Waals surface area (Å²) in [6, 6.07) is 17.1. The van der Waals surface area contributed by atoms with Crippen LogP contribution in [0.4, 0.5) is 5.69 Å². The number of nitrogens with zero attached hydrogens (tertiary/aromatic N) is 2. The summed E-state index contributed by atoms with van der Waals surface area (Å²) in [5.74, 6) is -0.815. The van der Waals surface area contributed by atoms with Gasteiger partial charge in [-0.2, -0.15) is 0 Å². The number of anilines is 1. The monoisotopic (exact) mass is 461 g/mol. The molecule has 168 valence electrons. The normalized spacial score (nSPS) is 10.8. The summed E-state index contributed by atoms with van der Waals surface area (Å²) in [4.78, 5) is 43.1. The minimum absolute atomic E-state index is 0.179. The summed E-state index contributed by atoms with van der Waals surface area (Å²) in [6.45, 7) is 3.73. The predicted octanol–water partition coefficient (Wildman–Crippen LogP) is 4.11. The van der Waals surface area contributed by atoms with Crippen molar-refractivity contribution >= 4 is 39.1 Å². The van der Waals surface area contributed by atoms with E-state index in [0.29, 0.717) is 32.8 Å². The Bertz CT molecular complexity index is 1360. The number of fused-ring (bicyclic) bond motifs is 1. The van der Waals surface area contributed by atoms with Crippen LogP contribution in [0.1, 0.15) is 26.4 Å². The van der Waals surface area contributed by atoms with Crippen molar-refractivity contribution in [2.24, 2.45) is 0 Å². The van der Waals surface area contributed by atoms with Gasteiger partial charge in [-0.25, -0.2) is 9.78 Å². The van der Waals surface area contributed by atoms with Crippen molar-refractivity contribution in [2.45, 2.75) is 26.8 Å². The summed E-state index contributed by atoms with van der Waals surface area (Å²) < 4.78 is 6.67. The fourth-order valence-electron chi connectivity index (χ4n) is 3.43. The van der Waals surface area contributed by atoms with Gasteiger partial charge in [-0.15, -0.1) is 11.3 Å². The molecule has 4 rings (SSSR count). The van der Waals surface area contributed by atoms with Crippen LogP contribution in [-0.4, -0.2) is 28.0 Å².